The predicted molar refractivity (Wildman–Crippen MR) is 113 cm³/mol. The number of nitriles is 1. The van der Waals surface area contributed by atoms with Crippen LogP contribution in [0.1, 0.15) is 18.4 Å². The fraction of sp³-hybridized carbons (Fsp3) is 0.364. The van der Waals surface area contributed by atoms with Crippen molar-refractivity contribution < 1.29 is 27.5 Å². The third-order valence-electron chi connectivity index (χ3n) is 5.17. The van der Waals surface area contributed by atoms with Gasteiger partial charge in [-0.05, 0) is 49.2 Å². The number of aromatic nitrogens is 1. The molecule has 8 nitrogen and oxygen atoms in total. The van der Waals surface area contributed by atoms with Crippen LogP contribution >= 0.6 is 0 Å². The van der Waals surface area contributed by atoms with Crippen LogP contribution in [0.5, 0.6) is 5.75 Å². The smallest absolute Gasteiger partial charge is 0.406 e. The van der Waals surface area contributed by atoms with E-state index in [2.05, 4.69) is 15.0 Å². The molecule has 1 N–H and O–H groups in total. The van der Waals surface area contributed by atoms with Crippen molar-refractivity contribution >= 4 is 23.3 Å². The zero-order chi connectivity index (χ0) is 24.0. The van der Waals surface area contributed by atoms with E-state index < -0.39 is 18.0 Å². The number of halogens is 3. The lowest BCUT2D eigenvalue weighted by atomic mass is 9.95. The van der Waals surface area contributed by atoms with E-state index in [4.69, 9.17) is 5.26 Å². The van der Waals surface area contributed by atoms with Crippen LogP contribution in [0.4, 0.5) is 24.7 Å². The summed E-state index contributed by atoms with van der Waals surface area (Å²) < 4.78 is 40.4. The summed E-state index contributed by atoms with van der Waals surface area (Å²) in [6, 6.07) is 10.3. The Hall–Kier alpha value is -3.81. The molecule has 1 aliphatic rings. The van der Waals surface area contributed by atoms with Crippen molar-refractivity contribution in [2.24, 2.45) is 5.92 Å². The van der Waals surface area contributed by atoms with Gasteiger partial charge in [0.15, 0.2) is 0 Å². The van der Waals surface area contributed by atoms with Gasteiger partial charge in [0.2, 0.25) is 11.8 Å². The molecule has 2 aromatic rings. The highest BCUT2D eigenvalue weighted by Gasteiger charge is 2.31. The Morgan fingerprint density at radius 1 is 1.21 bits per heavy atom. The number of ether oxygens (including phenoxy) is 1. The van der Waals surface area contributed by atoms with Gasteiger partial charge in [0, 0.05) is 37.9 Å². The molecule has 1 fully saturated rings. The maximum atomic E-state index is 12.7. The van der Waals surface area contributed by atoms with Crippen molar-refractivity contribution in [3.63, 3.8) is 0 Å². The molecule has 11 heteroatoms. The van der Waals surface area contributed by atoms with E-state index in [1.165, 1.54) is 30.3 Å². The van der Waals surface area contributed by atoms with E-state index in [0.29, 0.717) is 37.2 Å². The average molecular weight is 461 g/mol. The molecule has 33 heavy (non-hydrogen) atoms. The predicted octanol–water partition coefficient (Wildman–Crippen LogP) is 3.17. The standard InChI is InChI=1S/C22H22F3N5O3/c1-29(14-20(31)28-17-3-5-18(6-4-17)33-22(23,24)25)21(32)16-8-10-30(11-9-16)19-7-2-15(12-26)13-27-19/h2-7,13,16H,8-11,14H2,1H3,(H,28,31). The van der Waals surface area contributed by atoms with E-state index in [1.54, 1.807) is 12.1 Å². The number of pyridine rings is 1. The highest BCUT2D eigenvalue weighted by molar-refractivity contribution is 5.94. The first-order valence-corrected chi connectivity index (χ1v) is 10.2. The molecule has 0 bridgehead atoms. The molecule has 1 aliphatic heterocycles. The molecular formula is C22H22F3N5O3. The lowest BCUT2D eigenvalue weighted by Gasteiger charge is -2.33. The van der Waals surface area contributed by atoms with Gasteiger partial charge in [0.25, 0.3) is 0 Å². The van der Waals surface area contributed by atoms with Crippen LogP contribution in [0, 0.1) is 17.2 Å². The molecule has 0 saturated carbocycles. The van der Waals surface area contributed by atoms with Gasteiger partial charge in [0.05, 0.1) is 12.1 Å². The highest BCUT2D eigenvalue weighted by atomic mass is 19.4. The Balaban J connectivity index is 1.46. The minimum atomic E-state index is -4.79. The van der Waals surface area contributed by atoms with Crippen LogP contribution in [-0.4, -0.2) is 54.7 Å². The molecule has 1 saturated heterocycles. The molecule has 0 spiro atoms. The van der Waals surface area contributed by atoms with Crippen LogP contribution in [0.3, 0.4) is 0 Å². The number of benzene rings is 1. The number of piperidine rings is 1. The van der Waals surface area contributed by atoms with E-state index >= 15 is 0 Å². The summed E-state index contributed by atoms with van der Waals surface area (Å²) in [5, 5.41) is 11.4. The van der Waals surface area contributed by atoms with Crippen molar-refractivity contribution in [2.45, 2.75) is 19.2 Å². The lowest BCUT2D eigenvalue weighted by Crippen LogP contribution is -2.43. The van der Waals surface area contributed by atoms with Gasteiger partial charge in [-0.25, -0.2) is 4.98 Å². The monoisotopic (exact) mass is 461 g/mol. The number of rotatable bonds is 6. The zero-order valence-corrected chi connectivity index (χ0v) is 17.8. The molecule has 2 heterocycles. The third-order valence-corrected chi connectivity index (χ3v) is 5.17. The summed E-state index contributed by atoms with van der Waals surface area (Å²) in [7, 11) is 1.54. The SMILES string of the molecule is CN(CC(=O)Nc1ccc(OC(F)(F)F)cc1)C(=O)C1CCN(c2ccc(C#N)cn2)CC1. The van der Waals surface area contributed by atoms with Gasteiger partial charge in [-0.2, -0.15) is 5.26 Å². The van der Waals surface area contributed by atoms with Gasteiger partial charge in [-0.15, -0.1) is 13.2 Å². The van der Waals surface area contributed by atoms with Crippen molar-refractivity contribution in [1.29, 1.82) is 5.26 Å². The van der Waals surface area contributed by atoms with Gasteiger partial charge in [-0.3, -0.25) is 9.59 Å². The summed E-state index contributed by atoms with van der Waals surface area (Å²) in [5.41, 5.74) is 0.771. The minimum absolute atomic E-state index is 0.147. The lowest BCUT2D eigenvalue weighted by molar-refractivity contribution is -0.274. The number of carbonyl (C=O) groups is 2. The molecule has 0 aliphatic carbocycles. The number of amides is 2. The second-order valence-corrected chi connectivity index (χ2v) is 7.59. The topological polar surface area (TPSA) is 98.6 Å². The maximum absolute atomic E-state index is 12.7. The zero-order valence-electron chi connectivity index (χ0n) is 17.8. The van der Waals surface area contributed by atoms with Gasteiger partial charge in [-0.1, -0.05) is 0 Å². The van der Waals surface area contributed by atoms with Gasteiger partial charge < -0.3 is 19.9 Å². The molecule has 0 unspecified atom stereocenters. The fourth-order valence-electron chi connectivity index (χ4n) is 3.54. The van der Waals surface area contributed by atoms with Gasteiger partial charge >= 0.3 is 6.36 Å². The largest absolute Gasteiger partial charge is 0.573 e. The van der Waals surface area contributed by atoms with Crippen LogP contribution in [0.15, 0.2) is 42.6 Å². The van der Waals surface area contributed by atoms with Gasteiger partial charge in [0.1, 0.15) is 17.6 Å². The number of likely N-dealkylation sites (N-methyl/N-ethyl adjacent to an activating group) is 1. The van der Waals surface area contributed by atoms with Crippen LogP contribution in [0.25, 0.3) is 0 Å². The second-order valence-electron chi connectivity index (χ2n) is 7.59. The van der Waals surface area contributed by atoms with E-state index in [1.807, 2.05) is 11.0 Å². The Labute approximate surface area is 188 Å². The normalized spacial score (nSPS) is 14.3. The number of nitrogens with zero attached hydrogens (tertiary/aromatic N) is 4. The van der Waals surface area contributed by atoms with E-state index in [-0.39, 0.29) is 18.4 Å². The molecule has 174 valence electrons. The Morgan fingerprint density at radius 3 is 2.42 bits per heavy atom. The number of hydrogen-bond donors (Lipinski definition) is 1. The van der Waals surface area contributed by atoms with Crippen molar-refractivity contribution in [1.82, 2.24) is 9.88 Å². The second kappa shape index (κ2) is 10.2. The molecular weight excluding hydrogens is 439 g/mol. The molecule has 3 rings (SSSR count). The number of nitrogens with one attached hydrogen (secondary N) is 1. The number of hydrogen-bond acceptors (Lipinski definition) is 6. The maximum Gasteiger partial charge on any atom is 0.573 e. The third kappa shape index (κ3) is 6.83. The average Bonchev–Trinajstić information content (AvgIpc) is 2.79. The number of anilines is 2. The summed E-state index contributed by atoms with van der Waals surface area (Å²) >= 11 is 0. The van der Waals surface area contributed by atoms with Crippen molar-refractivity contribution in [3.8, 4) is 11.8 Å². The van der Waals surface area contributed by atoms with Crippen molar-refractivity contribution in [2.75, 3.05) is 36.9 Å². The summed E-state index contributed by atoms with van der Waals surface area (Å²) in [6.07, 6.45) is -2.07. The van der Waals surface area contributed by atoms with Crippen LogP contribution in [-0.2, 0) is 9.59 Å². The molecule has 2 amide bonds. The summed E-state index contributed by atoms with van der Waals surface area (Å²) in [5.74, 6) is -0.480. The summed E-state index contributed by atoms with van der Waals surface area (Å²) in [4.78, 5) is 32.7. The van der Waals surface area contributed by atoms with E-state index in [9.17, 15) is 22.8 Å². The first-order chi connectivity index (χ1) is 15.6. The molecule has 1 aromatic carbocycles. The highest BCUT2D eigenvalue weighted by Crippen LogP contribution is 2.25. The number of carbonyl (C=O) groups excluding carboxylic acids is 2. The Morgan fingerprint density at radius 2 is 1.88 bits per heavy atom. The van der Waals surface area contributed by atoms with Crippen LogP contribution in [0.2, 0.25) is 0 Å². The first kappa shape index (κ1) is 23.8. The Bertz CT molecular complexity index is 1010. The molecule has 0 radical (unpaired) electrons. The molecule has 1 aromatic heterocycles. The Kier molecular flexibility index (Phi) is 7.37. The van der Waals surface area contributed by atoms with Crippen molar-refractivity contribution in [3.05, 3.63) is 48.2 Å². The quantitative estimate of drug-likeness (QED) is 0.710. The minimum Gasteiger partial charge on any atom is -0.406 e. The van der Waals surface area contributed by atoms with Crippen LogP contribution < -0.4 is 15.0 Å². The van der Waals surface area contributed by atoms with E-state index in [0.717, 1.165) is 18.0 Å². The fourth-order valence-corrected chi connectivity index (χ4v) is 3.54. The molecule has 0 atom stereocenters. The number of alkyl halides is 3. The first-order valence-electron chi connectivity index (χ1n) is 10.2. The summed E-state index contributed by atoms with van der Waals surface area (Å²) in [6.45, 7) is 1.07.